The van der Waals surface area contributed by atoms with E-state index < -0.39 is 18.2 Å². The van der Waals surface area contributed by atoms with Gasteiger partial charge < -0.3 is 4.74 Å². The van der Waals surface area contributed by atoms with Crippen LogP contribution in [0, 0.1) is 0 Å². The first-order chi connectivity index (χ1) is 10.5. The Labute approximate surface area is 129 Å². The van der Waals surface area contributed by atoms with Crippen molar-refractivity contribution in [1.82, 2.24) is 29.6 Å². The Hall–Kier alpha value is -2.43. The van der Waals surface area contributed by atoms with Gasteiger partial charge in [0.1, 0.15) is 10.3 Å². The van der Waals surface area contributed by atoms with Crippen LogP contribution in [-0.2, 0) is 4.74 Å². The van der Waals surface area contributed by atoms with E-state index in [1.165, 1.54) is 30.0 Å². The van der Waals surface area contributed by atoms with Crippen LogP contribution in [0.15, 0.2) is 23.1 Å². The number of hydrogen-bond acceptors (Lipinski definition) is 6. The second-order valence-corrected chi connectivity index (χ2v) is 4.94. The van der Waals surface area contributed by atoms with Gasteiger partial charge in [0, 0.05) is 6.20 Å². The van der Waals surface area contributed by atoms with Crippen molar-refractivity contribution in [1.29, 1.82) is 0 Å². The normalized spacial score (nSPS) is 11.3. The topological polar surface area (TPSA) is 87.2 Å². The lowest BCUT2D eigenvalue weighted by Gasteiger charge is -2.08. The predicted molar refractivity (Wildman–Crippen MR) is 71.9 cm³/mol. The van der Waals surface area contributed by atoms with Gasteiger partial charge in [-0.3, -0.25) is 4.40 Å². The van der Waals surface area contributed by atoms with E-state index in [0.717, 1.165) is 4.68 Å². The Morgan fingerprint density at radius 2 is 2.23 bits per heavy atom. The molecule has 0 atom stereocenters. The number of halogens is 3. The second-order valence-electron chi connectivity index (χ2n) is 4.13. The van der Waals surface area contributed by atoms with E-state index in [0.29, 0.717) is 10.3 Å². The number of pyridine rings is 1. The summed E-state index contributed by atoms with van der Waals surface area (Å²) in [5, 5.41) is 10.1. The van der Waals surface area contributed by atoms with Crippen molar-refractivity contribution in [2.45, 2.75) is 6.43 Å². The lowest BCUT2D eigenvalue weighted by Crippen LogP contribution is -2.10. The van der Waals surface area contributed by atoms with Gasteiger partial charge in [-0.25, -0.2) is 18.6 Å². The lowest BCUT2D eigenvalue weighted by atomic mass is 10.2. The van der Waals surface area contributed by atoms with Crippen molar-refractivity contribution in [3.63, 3.8) is 0 Å². The molecular formula is C11H7BrF2N6O2. The third-order valence-electron chi connectivity index (χ3n) is 2.88. The van der Waals surface area contributed by atoms with E-state index in [1.807, 2.05) is 0 Å². The molecule has 0 saturated carbocycles. The van der Waals surface area contributed by atoms with Crippen LogP contribution in [0.4, 0.5) is 8.78 Å². The number of rotatable bonds is 3. The van der Waals surface area contributed by atoms with E-state index >= 15 is 0 Å². The van der Waals surface area contributed by atoms with Gasteiger partial charge in [0.15, 0.2) is 5.65 Å². The number of nitrogens with zero attached hydrogens (tertiary/aromatic N) is 6. The summed E-state index contributed by atoms with van der Waals surface area (Å²) >= 11 is 3.26. The number of ether oxygens (including phenoxy) is 1. The number of carbonyl (C=O) groups is 1. The molecule has 11 heteroatoms. The standard InChI is InChI=1S/C11H7BrF2N6O2/c1-22-11(21)5-2-6(9-15-3-7(12)19(9)4-5)20-10(8(13)14)16-17-18-20/h2-4,8H,1H3. The minimum absolute atomic E-state index is 0.133. The van der Waals surface area contributed by atoms with Crippen LogP contribution in [0.1, 0.15) is 22.6 Å². The summed E-state index contributed by atoms with van der Waals surface area (Å²) in [6.45, 7) is 0. The molecule has 0 N–H and O–H groups in total. The Balaban J connectivity index is 2.32. The van der Waals surface area contributed by atoms with Crippen LogP contribution in [0.25, 0.3) is 11.3 Å². The van der Waals surface area contributed by atoms with Gasteiger partial charge in [-0.05, 0) is 32.4 Å². The molecule has 114 valence electrons. The number of aromatic nitrogens is 6. The van der Waals surface area contributed by atoms with Crippen LogP contribution in [0.5, 0.6) is 0 Å². The molecule has 0 amide bonds. The minimum Gasteiger partial charge on any atom is -0.465 e. The summed E-state index contributed by atoms with van der Waals surface area (Å²) in [6.07, 6.45) is 0.0516. The number of methoxy groups -OCH3 is 1. The summed E-state index contributed by atoms with van der Waals surface area (Å²) in [5.74, 6) is -1.28. The number of imidazole rings is 1. The number of fused-ring (bicyclic) bond motifs is 1. The molecule has 0 bridgehead atoms. The highest BCUT2D eigenvalue weighted by Gasteiger charge is 2.22. The molecule has 3 rings (SSSR count). The summed E-state index contributed by atoms with van der Waals surface area (Å²) in [5.41, 5.74) is 0.571. The van der Waals surface area contributed by atoms with E-state index in [4.69, 9.17) is 0 Å². The van der Waals surface area contributed by atoms with Crippen LogP contribution in [0.3, 0.4) is 0 Å². The first-order valence-corrected chi connectivity index (χ1v) is 6.64. The average molecular weight is 373 g/mol. The molecule has 3 aromatic heterocycles. The van der Waals surface area contributed by atoms with Crippen LogP contribution in [-0.4, -0.2) is 42.7 Å². The number of alkyl halides is 2. The maximum absolute atomic E-state index is 13.0. The minimum atomic E-state index is -2.88. The SMILES string of the molecule is COC(=O)c1cc(-n2nnnc2C(F)F)c2ncc(Br)n2c1. The number of esters is 1. The van der Waals surface area contributed by atoms with Gasteiger partial charge in [0.25, 0.3) is 6.43 Å². The number of tetrazole rings is 1. The zero-order chi connectivity index (χ0) is 15.9. The molecule has 0 aliphatic carbocycles. The van der Waals surface area contributed by atoms with E-state index in [9.17, 15) is 13.6 Å². The van der Waals surface area contributed by atoms with Crippen molar-refractivity contribution < 1.29 is 18.3 Å². The molecule has 3 aromatic rings. The fourth-order valence-corrected chi connectivity index (χ4v) is 2.30. The van der Waals surface area contributed by atoms with Gasteiger partial charge >= 0.3 is 5.97 Å². The second kappa shape index (κ2) is 5.40. The Bertz CT molecular complexity index is 862. The van der Waals surface area contributed by atoms with Crippen LogP contribution in [0.2, 0.25) is 0 Å². The highest BCUT2D eigenvalue weighted by Crippen LogP contribution is 2.25. The van der Waals surface area contributed by atoms with E-state index in [2.05, 4.69) is 41.2 Å². The van der Waals surface area contributed by atoms with Gasteiger partial charge in [-0.2, -0.15) is 4.68 Å². The fourth-order valence-electron chi connectivity index (χ4n) is 1.93. The highest BCUT2D eigenvalue weighted by atomic mass is 79.9. The molecule has 0 aliphatic heterocycles. The van der Waals surface area contributed by atoms with Gasteiger partial charge in [0.2, 0.25) is 5.82 Å². The first-order valence-electron chi connectivity index (χ1n) is 5.84. The molecule has 0 saturated heterocycles. The Kier molecular flexibility index (Phi) is 3.56. The largest absolute Gasteiger partial charge is 0.465 e. The molecular weight excluding hydrogens is 366 g/mol. The summed E-state index contributed by atoms with van der Waals surface area (Å²) in [4.78, 5) is 15.9. The highest BCUT2D eigenvalue weighted by molar-refractivity contribution is 9.10. The molecule has 8 nitrogen and oxygen atoms in total. The van der Waals surface area contributed by atoms with Crippen molar-refractivity contribution in [2.24, 2.45) is 0 Å². The summed E-state index contributed by atoms with van der Waals surface area (Å²) in [6, 6.07) is 1.34. The zero-order valence-corrected chi connectivity index (χ0v) is 12.5. The predicted octanol–water partition coefficient (Wildman–Crippen LogP) is 1.80. The third-order valence-corrected chi connectivity index (χ3v) is 3.47. The first kappa shape index (κ1) is 14.5. The molecule has 22 heavy (non-hydrogen) atoms. The van der Waals surface area contributed by atoms with Crippen molar-refractivity contribution in [2.75, 3.05) is 7.11 Å². The third kappa shape index (κ3) is 2.22. The average Bonchev–Trinajstić information content (AvgIpc) is 3.13. The van der Waals surface area contributed by atoms with E-state index in [1.54, 1.807) is 0 Å². The molecule has 0 aliphatic rings. The van der Waals surface area contributed by atoms with Crippen LogP contribution < -0.4 is 0 Å². The van der Waals surface area contributed by atoms with Gasteiger partial charge in [-0.1, -0.05) is 0 Å². The number of hydrogen-bond donors (Lipinski definition) is 0. The molecule has 0 aromatic carbocycles. The lowest BCUT2D eigenvalue weighted by molar-refractivity contribution is 0.0600. The Morgan fingerprint density at radius 3 is 2.91 bits per heavy atom. The molecule has 0 radical (unpaired) electrons. The molecule has 0 unspecified atom stereocenters. The van der Waals surface area contributed by atoms with Gasteiger partial charge in [0.05, 0.1) is 18.9 Å². The Morgan fingerprint density at radius 1 is 1.45 bits per heavy atom. The monoisotopic (exact) mass is 372 g/mol. The summed E-state index contributed by atoms with van der Waals surface area (Å²) in [7, 11) is 1.22. The smallest absolute Gasteiger partial charge is 0.339 e. The van der Waals surface area contributed by atoms with Crippen molar-refractivity contribution >= 4 is 27.5 Å². The number of carbonyl (C=O) groups excluding carboxylic acids is 1. The zero-order valence-electron chi connectivity index (χ0n) is 10.9. The molecule has 0 spiro atoms. The summed E-state index contributed by atoms with van der Waals surface area (Å²) < 4.78 is 33.5. The van der Waals surface area contributed by atoms with Crippen molar-refractivity contribution in [3.8, 4) is 5.69 Å². The maximum atomic E-state index is 13.0. The molecule has 0 fully saturated rings. The fraction of sp³-hybridized carbons (Fsp3) is 0.182. The van der Waals surface area contributed by atoms with E-state index in [-0.39, 0.29) is 11.3 Å². The van der Waals surface area contributed by atoms with Crippen LogP contribution >= 0.6 is 15.9 Å². The maximum Gasteiger partial charge on any atom is 0.339 e. The quantitative estimate of drug-likeness (QED) is 0.651. The van der Waals surface area contributed by atoms with Gasteiger partial charge in [-0.15, -0.1) is 5.10 Å². The van der Waals surface area contributed by atoms with Crippen molar-refractivity contribution in [3.05, 3.63) is 34.5 Å². The molecule has 3 heterocycles.